The first kappa shape index (κ1) is 35.6. The maximum Gasteiger partial charge on any atom is 0.397 e. The monoisotopic (exact) mass is 530 g/mol. The molecule has 1 unspecified atom stereocenters. The molecule has 0 aromatic carbocycles. The number of hydrogen-bond donors (Lipinski definition) is 1. The van der Waals surface area contributed by atoms with Gasteiger partial charge in [-0.05, 0) is 19.3 Å². The summed E-state index contributed by atoms with van der Waals surface area (Å²) in [6.07, 6.45) is 36.8. The third-order valence-electron chi connectivity index (χ3n) is 7.24. The summed E-state index contributed by atoms with van der Waals surface area (Å²) in [6.45, 7) is 4.58. The number of unbranched alkanes of at least 4 members (excludes halogenated alkanes) is 22. The van der Waals surface area contributed by atoms with E-state index in [-0.39, 0.29) is 12.5 Å². The highest BCUT2D eigenvalue weighted by atomic mass is 32.3. The molecule has 0 radical (unpaired) electrons. The molecule has 0 saturated carbocycles. The van der Waals surface area contributed by atoms with Crippen molar-refractivity contribution in [3.8, 4) is 0 Å². The first-order chi connectivity index (χ1) is 17.5. The van der Waals surface area contributed by atoms with Gasteiger partial charge in [0.05, 0.1) is 6.61 Å². The van der Waals surface area contributed by atoms with Gasteiger partial charge in [-0.3, -0.25) is 4.55 Å². The first-order valence-electron chi connectivity index (χ1n) is 15.8. The summed E-state index contributed by atoms with van der Waals surface area (Å²) in [7, 11) is -4.37. The predicted molar refractivity (Wildman–Crippen MR) is 157 cm³/mol. The molecule has 0 rings (SSSR count). The molecule has 4 nitrogen and oxygen atoms in total. The van der Waals surface area contributed by atoms with E-state index >= 15 is 0 Å². The Labute approximate surface area is 226 Å². The highest BCUT2D eigenvalue weighted by Gasteiger charge is 2.11. The van der Waals surface area contributed by atoms with Crippen LogP contribution >= 0.6 is 0 Å². The van der Waals surface area contributed by atoms with Crippen molar-refractivity contribution in [3.05, 3.63) is 12.2 Å². The molecular formula is C31H62O4S. The molecule has 0 aliphatic rings. The van der Waals surface area contributed by atoms with Crippen LogP contribution in [0.5, 0.6) is 0 Å². The molecule has 0 aromatic rings. The van der Waals surface area contributed by atoms with Gasteiger partial charge in [0.2, 0.25) is 0 Å². The van der Waals surface area contributed by atoms with E-state index in [0.29, 0.717) is 0 Å². The second-order valence-corrected chi connectivity index (χ2v) is 12.0. The smallest absolute Gasteiger partial charge is 0.264 e. The summed E-state index contributed by atoms with van der Waals surface area (Å²) >= 11 is 0. The van der Waals surface area contributed by atoms with Gasteiger partial charge in [-0.25, -0.2) is 4.18 Å². The van der Waals surface area contributed by atoms with E-state index in [9.17, 15) is 8.42 Å². The van der Waals surface area contributed by atoms with Gasteiger partial charge >= 0.3 is 10.4 Å². The molecule has 0 aliphatic carbocycles. The average Bonchev–Trinajstić information content (AvgIpc) is 2.84. The number of hydrogen-bond acceptors (Lipinski definition) is 3. The molecule has 0 amide bonds. The van der Waals surface area contributed by atoms with Crippen molar-refractivity contribution in [2.45, 2.75) is 174 Å². The maximum atomic E-state index is 11.0. The van der Waals surface area contributed by atoms with Crippen LogP contribution in [0.4, 0.5) is 0 Å². The normalized spacial score (nSPS) is 13.1. The van der Waals surface area contributed by atoms with Crippen molar-refractivity contribution >= 4 is 10.4 Å². The SMILES string of the molecule is CCCCCCCCCCCC/C=C/C(CCCCCCCCCCCCCCC)COS(=O)(=O)O. The fourth-order valence-corrected chi connectivity index (χ4v) is 5.22. The Hall–Kier alpha value is -0.390. The molecule has 5 heteroatoms. The molecule has 36 heavy (non-hydrogen) atoms. The number of rotatable bonds is 29. The van der Waals surface area contributed by atoms with Gasteiger partial charge in [0.25, 0.3) is 0 Å². The third kappa shape index (κ3) is 29.8. The van der Waals surface area contributed by atoms with Crippen LogP contribution in [0.3, 0.4) is 0 Å². The molecule has 216 valence electrons. The molecule has 1 atom stereocenters. The summed E-state index contributed by atoms with van der Waals surface area (Å²) in [5, 5.41) is 0. The maximum absolute atomic E-state index is 11.0. The van der Waals surface area contributed by atoms with E-state index in [0.717, 1.165) is 19.3 Å². The van der Waals surface area contributed by atoms with E-state index in [1.54, 1.807) is 0 Å². The van der Waals surface area contributed by atoms with Crippen LogP contribution in [0.2, 0.25) is 0 Å². The Bertz CT molecular complexity index is 559. The van der Waals surface area contributed by atoms with Crippen LogP contribution in [-0.4, -0.2) is 19.6 Å². The Balaban J connectivity index is 3.82. The Morgan fingerprint density at radius 3 is 1.33 bits per heavy atom. The Kier molecular flexibility index (Phi) is 27.3. The minimum absolute atomic E-state index is 0.0472. The van der Waals surface area contributed by atoms with E-state index in [1.165, 1.54) is 141 Å². The van der Waals surface area contributed by atoms with Crippen LogP contribution in [0.15, 0.2) is 12.2 Å². The van der Waals surface area contributed by atoms with E-state index in [2.05, 4.69) is 30.2 Å². The predicted octanol–water partition coefficient (Wildman–Crippen LogP) is 10.8. The lowest BCUT2D eigenvalue weighted by Gasteiger charge is -2.12. The number of allylic oxidation sites excluding steroid dienone is 1. The van der Waals surface area contributed by atoms with Gasteiger partial charge in [-0.1, -0.05) is 167 Å². The zero-order valence-electron chi connectivity index (χ0n) is 24.2. The van der Waals surface area contributed by atoms with Crippen LogP contribution in [0, 0.1) is 5.92 Å². The van der Waals surface area contributed by atoms with Gasteiger partial charge < -0.3 is 0 Å². The van der Waals surface area contributed by atoms with E-state index in [1.807, 2.05) is 0 Å². The third-order valence-corrected chi connectivity index (χ3v) is 7.68. The fourth-order valence-electron chi connectivity index (χ4n) is 4.87. The van der Waals surface area contributed by atoms with Crippen LogP contribution in [-0.2, 0) is 14.6 Å². The first-order valence-corrected chi connectivity index (χ1v) is 17.1. The van der Waals surface area contributed by atoms with E-state index < -0.39 is 10.4 Å². The van der Waals surface area contributed by atoms with Crippen molar-refractivity contribution in [1.29, 1.82) is 0 Å². The highest BCUT2D eigenvalue weighted by Crippen LogP contribution is 2.17. The molecule has 0 saturated heterocycles. The minimum atomic E-state index is -4.37. The summed E-state index contributed by atoms with van der Waals surface area (Å²) in [6, 6.07) is 0. The highest BCUT2D eigenvalue weighted by molar-refractivity contribution is 7.80. The second-order valence-electron chi connectivity index (χ2n) is 10.9. The standard InChI is InChI=1S/C31H62O4S/c1-3-5-7-9-11-13-15-17-19-21-23-25-27-29-31(30-35-36(32,33)34)28-26-24-22-20-18-16-14-12-10-8-6-4-2/h26,28,31H,3-25,27,29-30H2,1-2H3,(H,32,33,34)/b28-26+. The van der Waals surface area contributed by atoms with Gasteiger partial charge in [-0.2, -0.15) is 8.42 Å². The van der Waals surface area contributed by atoms with Gasteiger partial charge in [-0.15, -0.1) is 0 Å². The molecule has 0 heterocycles. The van der Waals surface area contributed by atoms with Gasteiger partial charge in [0, 0.05) is 5.92 Å². The minimum Gasteiger partial charge on any atom is -0.264 e. The molecular weight excluding hydrogens is 468 g/mol. The van der Waals surface area contributed by atoms with Crippen LogP contribution in [0.1, 0.15) is 174 Å². The summed E-state index contributed by atoms with van der Waals surface area (Å²) in [5.41, 5.74) is 0. The average molecular weight is 531 g/mol. The fraction of sp³-hybridized carbons (Fsp3) is 0.935. The quantitative estimate of drug-likeness (QED) is 0.0593. The lowest BCUT2D eigenvalue weighted by Crippen LogP contribution is -2.12. The van der Waals surface area contributed by atoms with Crippen LogP contribution in [0.25, 0.3) is 0 Å². The van der Waals surface area contributed by atoms with Crippen LogP contribution < -0.4 is 0 Å². The summed E-state index contributed by atoms with van der Waals surface area (Å²) < 4.78 is 35.7. The van der Waals surface area contributed by atoms with Crippen molar-refractivity contribution in [2.24, 2.45) is 5.92 Å². The lowest BCUT2D eigenvalue weighted by molar-refractivity contribution is 0.234. The zero-order chi connectivity index (χ0) is 26.6. The molecule has 0 spiro atoms. The van der Waals surface area contributed by atoms with Crippen molar-refractivity contribution in [2.75, 3.05) is 6.61 Å². The molecule has 1 N–H and O–H groups in total. The second kappa shape index (κ2) is 27.6. The zero-order valence-corrected chi connectivity index (χ0v) is 25.0. The van der Waals surface area contributed by atoms with Crippen molar-refractivity contribution in [3.63, 3.8) is 0 Å². The Morgan fingerprint density at radius 2 is 0.944 bits per heavy atom. The lowest BCUT2D eigenvalue weighted by atomic mass is 9.99. The summed E-state index contributed by atoms with van der Waals surface area (Å²) in [4.78, 5) is 0. The Morgan fingerprint density at radius 1 is 0.583 bits per heavy atom. The molecule has 0 bridgehead atoms. The molecule has 0 aromatic heterocycles. The topological polar surface area (TPSA) is 63.6 Å². The summed E-state index contributed by atoms with van der Waals surface area (Å²) in [5.74, 6) is 0.0581. The van der Waals surface area contributed by atoms with E-state index in [4.69, 9.17) is 4.55 Å². The molecule has 0 aliphatic heterocycles. The van der Waals surface area contributed by atoms with Crippen molar-refractivity contribution in [1.82, 2.24) is 0 Å². The van der Waals surface area contributed by atoms with Gasteiger partial charge in [0.15, 0.2) is 0 Å². The molecule has 0 fully saturated rings. The van der Waals surface area contributed by atoms with Crippen molar-refractivity contribution < 1.29 is 17.2 Å². The largest absolute Gasteiger partial charge is 0.397 e. The van der Waals surface area contributed by atoms with Gasteiger partial charge in [0.1, 0.15) is 0 Å².